The van der Waals surface area contributed by atoms with Crippen LogP contribution in [0.15, 0.2) is 70.8 Å². The second-order valence-corrected chi connectivity index (χ2v) is 8.09. The maximum atomic E-state index is 13.5. The third kappa shape index (κ3) is 3.99. The van der Waals surface area contributed by atoms with Crippen LogP contribution in [0.25, 0.3) is 10.9 Å². The number of carbonyl (C=O) groups excluding carboxylic acids is 1. The number of hydrogen-bond donors (Lipinski definition) is 1. The minimum Gasteiger partial charge on any atom is -0.292 e. The van der Waals surface area contributed by atoms with Crippen molar-refractivity contribution in [2.75, 3.05) is 16.3 Å². The van der Waals surface area contributed by atoms with Gasteiger partial charge < -0.3 is 0 Å². The molecule has 0 spiro atoms. The van der Waals surface area contributed by atoms with Crippen molar-refractivity contribution in [3.8, 4) is 6.07 Å². The fraction of sp³-hybridized carbons (Fsp3) is 0.143. The first-order valence-electron chi connectivity index (χ1n) is 9.10. The Morgan fingerprint density at radius 3 is 2.53 bits per heavy atom. The zero-order chi connectivity index (χ0) is 21.7. The van der Waals surface area contributed by atoms with E-state index >= 15 is 0 Å². The third-order valence-electron chi connectivity index (χ3n) is 4.36. The molecule has 0 aliphatic heterocycles. The molecule has 9 heteroatoms. The smallest absolute Gasteiger partial charge is 0.264 e. The first-order valence-corrected chi connectivity index (χ1v) is 10.5. The normalized spacial score (nSPS) is 11.7. The van der Waals surface area contributed by atoms with E-state index in [4.69, 9.17) is 5.26 Å². The number of nitriles is 1. The lowest BCUT2D eigenvalue weighted by Gasteiger charge is -2.24. The van der Waals surface area contributed by atoms with Crippen LogP contribution in [0.1, 0.15) is 13.8 Å². The van der Waals surface area contributed by atoms with E-state index in [1.165, 1.54) is 29.6 Å². The lowest BCUT2D eigenvalue weighted by molar-refractivity contribution is -0.110. The van der Waals surface area contributed by atoms with E-state index in [2.05, 4.69) is 15.5 Å². The van der Waals surface area contributed by atoms with E-state index in [0.29, 0.717) is 22.3 Å². The van der Waals surface area contributed by atoms with E-state index in [1.807, 2.05) is 6.07 Å². The largest absolute Gasteiger partial charge is 0.292 e. The number of Topliss-reactive ketones (excluding diaryl/α,β-unsaturated/α-hetero) is 1. The number of nitrogens with zero attached hydrogens (tertiary/aromatic N) is 4. The van der Waals surface area contributed by atoms with Crippen molar-refractivity contribution in [2.45, 2.75) is 18.7 Å². The highest BCUT2D eigenvalue weighted by Crippen LogP contribution is 2.31. The van der Waals surface area contributed by atoms with E-state index in [1.54, 1.807) is 49.4 Å². The zero-order valence-electron chi connectivity index (χ0n) is 16.4. The molecule has 0 radical (unpaired) electrons. The Balaban J connectivity index is 2.13. The number of sulfonamides is 1. The van der Waals surface area contributed by atoms with Crippen LogP contribution in [0, 0.1) is 11.3 Å². The summed E-state index contributed by atoms with van der Waals surface area (Å²) in [5.41, 5.74) is 3.64. The summed E-state index contributed by atoms with van der Waals surface area (Å²) in [6.45, 7) is 3.25. The molecule has 1 heterocycles. The van der Waals surface area contributed by atoms with Crippen molar-refractivity contribution in [1.82, 2.24) is 4.98 Å². The quantitative estimate of drug-likeness (QED) is 0.462. The first-order chi connectivity index (χ1) is 14.4. The topological polar surface area (TPSA) is 116 Å². The van der Waals surface area contributed by atoms with Crippen LogP contribution in [-0.4, -0.2) is 31.4 Å². The predicted molar refractivity (Wildman–Crippen MR) is 116 cm³/mol. The molecular formula is C21H19N5O3S. The predicted octanol–water partition coefficient (Wildman–Crippen LogP) is 3.33. The molecule has 1 N–H and O–H groups in total. The second-order valence-electron chi connectivity index (χ2n) is 6.26. The summed E-state index contributed by atoms with van der Waals surface area (Å²) in [5, 5.41) is 13.2. The Morgan fingerprint density at radius 2 is 1.90 bits per heavy atom. The molecule has 3 aromatic rings. The molecule has 0 unspecified atom stereocenters. The number of pyridine rings is 1. The first kappa shape index (κ1) is 21.0. The lowest BCUT2D eigenvalue weighted by Crippen LogP contribution is -2.30. The van der Waals surface area contributed by atoms with Gasteiger partial charge in [-0.15, -0.1) is 0 Å². The monoisotopic (exact) mass is 421 g/mol. The average Bonchev–Trinajstić information content (AvgIpc) is 2.74. The molecule has 152 valence electrons. The van der Waals surface area contributed by atoms with Crippen molar-refractivity contribution in [1.29, 1.82) is 5.26 Å². The summed E-state index contributed by atoms with van der Waals surface area (Å²) in [6.07, 6.45) is 1.53. The van der Waals surface area contributed by atoms with Crippen LogP contribution in [0.2, 0.25) is 0 Å². The second kappa shape index (κ2) is 8.71. The van der Waals surface area contributed by atoms with Crippen molar-refractivity contribution in [3.05, 3.63) is 60.8 Å². The third-order valence-corrected chi connectivity index (χ3v) is 6.32. The maximum Gasteiger partial charge on any atom is 0.264 e. The van der Waals surface area contributed by atoms with Crippen molar-refractivity contribution in [3.63, 3.8) is 0 Å². The molecule has 0 saturated heterocycles. The van der Waals surface area contributed by atoms with E-state index in [0.717, 1.165) is 0 Å². The van der Waals surface area contributed by atoms with E-state index in [-0.39, 0.29) is 17.2 Å². The molecule has 3 rings (SSSR count). The minimum atomic E-state index is -3.87. The van der Waals surface area contributed by atoms with Crippen LogP contribution in [-0.2, 0) is 14.8 Å². The van der Waals surface area contributed by atoms with Crippen LogP contribution in [0.3, 0.4) is 0 Å². The average molecular weight is 421 g/mol. The molecule has 0 aliphatic rings. The number of nitrogens with one attached hydrogen (secondary N) is 1. The molecule has 0 fully saturated rings. The van der Waals surface area contributed by atoms with Gasteiger partial charge in [-0.25, -0.2) is 8.42 Å². The molecular weight excluding hydrogens is 402 g/mol. The Kier molecular flexibility index (Phi) is 6.09. The molecule has 30 heavy (non-hydrogen) atoms. The number of hydrazone groups is 1. The highest BCUT2D eigenvalue weighted by Gasteiger charge is 2.26. The van der Waals surface area contributed by atoms with Crippen molar-refractivity contribution >= 4 is 43.8 Å². The number of rotatable bonds is 7. The molecule has 8 nitrogen and oxygen atoms in total. The number of para-hydroxylation sites is 1. The van der Waals surface area contributed by atoms with Gasteiger partial charge in [0, 0.05) is 25.1 Å². The van der Waals surface area contributed by atoms with Gasteiger partial charge in [0.2, 0.25) is 5.71 Å². The van der Waals surface area contributed by atoms with E-state index in [9.17, 15) is 13.2 Å². The van der Waals surface area contributed by atoms with E-state index < -0.39 is 15.8 Å². The Hall–Kier alpha value is -3.77. The Bertz CT molecular complexity index is 1260. The maximum absolute atomic E-state index is 13.5. The van der Waals surface area contributed by atoms with Gasteiger partial charge in [0.15, 0.2) is 5.78 Å². The van der Waals surface area contributed by atoms with Gasteiger partial charge >= 0.3 is 0 Å². The van der Waals surface area contributed by atoms with Gasteiger partial charge in [-0.2, -0.15) is 10.4 Å². The molecule has 1 aromatic heterocycles. The molecule has 0 amide bonds. The van der Waals surface area contributed by atoms with Gasteiger partial charge in [-0.1, -0.05) is 18.2 Å². The van der Waals surface area contributed by atoms with Gasteiger partial charge in [-0.3, -0.25) is 19.5 Å². The lowest BCUT2D eigenvalue weighted by atomic mass is 10.2. The Morgan fingerprint density at radius 1 is 1.17 bits per heavy atom. The standard InChI is InChI=1S/C21H19N5O3S/c1-3-26(16-8-5-4-6-9-16)30(28,29)20-12-11-18(21-17(20)10-7-13-23-21)24-25-19(14-22)15(2)27/h4-13,24H,3H2,1-2H3/b25-19-. The summed E-state index contributed by atoms with van der Waals surface area (Å²) in [4.78, 5) is 15.8. The number of anilines is 2. The molecule has 2 aromatic carbocycles. The van der Waals surface area contributed by atoms with Crippen molar-refractivity contribution < 1.29 is 13.2 Å². The number of fused-ring (bicyclic) bond motifs is 1. The molecule has 0 bridgehead atoms. The van der Waals surface area contributed by atoms with Crippen LogP contribution < -0.4 is 9.73 Å². The Labute approximate surface area is 174 Å². The van der Waals surface area contributed by atoms with Crippen molar-refractivity contribution in [2.24, 2.45) is 5.10 Å². The number of carbonyl (C=O) groups is 1. The summed E-state index contributed by atoms with van der Waals surface area (Å²) in [5.74, 6) is -0.483. The molecule has 0 atom stereocenters. The number of aromatic nitrogens is 1. The van der Waals surface area contributed by atoms with Gasteiger partial charge in [-0.05, 0) is 43.3 Å². The summed E-state index contributed by atoms with van der Waals surface area (Å²) < 4.78 is 28.2. The van der Waals surface area contributed by atoms with Crippen LogP contribution >= 0.6 is 0 Å². The van der Waals surface area contributed by atoms with Crippen LogP contribution in [0.4, 0.5) is 11.4 Å². The SMILES string of the molecule is CCN(c1ccccc1)S(=O)(=O)c1ccc(N/N=C(/C#N)C(C)=O)c2ncccc12. The summed E-state index contributed by atoms with van der Waals surface area (Å²) in [6, 6.07) is 16.8. The fourth-order valence-corrected chi connectivity index (χ4v) is 4.62. The number of benzene rings is 2. The molecule has 0 saturated carbocycles. The highest BCUT2D eigenvalue weighted by molar-refractivity contribution is 7.93. The number of ketones is 1. The van der Waals surface area contributed by atoms with Gasteiger partial charge in [0.25, 0.3) is 10.0 Å². The number of hydrogen-bond acceptors (Lipinski definition) is 7. The summed E-state index contributed by atoms with van der Waals surface area (Å²) >= 11 is 0. The van der Waals surface area contributed by atoms with Gasteiger partial charge in [0.1, 0.15) is 6.07 Å². The minimum absolute atomic E-state index is 0.0953. The molecule has 0 aliphatic carbocycles. The highest BCUT2D eigenvalue weighted by atomic mass is 32.2. The van der Waals surface area contributed by atoms with Gasteiger partial charge in [0.05, 0.1) is 21.8 Å². The fourth-order valence-electron chi connectivity index (χ4n) is 2.96. The van der Waals surface area contributed by atoms with Crippen LogP contribution in [0.5, 0.6) is 0 Å². The summed E-state index contributed by atoms with van der Waals surface area (Å²) in [7, 11) is -3.87. The zero-order valence-corrected chi connectivity index (χ0v) is 17.2.